The maximum atomic E-state index is 13.2. The summed E-state index contributed by atoms with van der Waals surface area (Å²) in [6.07, 6.45) is 7.37. The molecule has 13 heteroatoms. The van der Waals surface area contributed by atoms with E-state index in [2.05, 4.69) is 15.0 Å². The molecule has 1 atom stereocenters. The van der Waals surface area contributed by atoms with E-state index >= 15 is 0 Å². The van der Waals surface area contributed by atoms with Crippen LogP contribution in [0.3, 0.4) is 0 Å². The molecular weight excluding hydrogens is 470 g/mol. The van der Waals surface area contributed by atoms with Crippen molar-refractivity contribution < 1.29 is 26.7 Å². The first-order chi connectivity index (χ1) is 16.3. The summed E-state index contributed by atoms with van der Waals surface area (Å²) in [5, 5.41) is 0. The topological polar surface area (TPSA) is 119 Å². The number of rotatable bonds is 8. The molecule has 0 aliphatic carbocycles. The smallest absolute Gasteiger partial charge is 0.355 e. The quantitative estimate of drug-likeness (QED) is 0.513. The third kappa shape index (κ3) is 4.98. The van der Waals surface area contributed by atoms with Gasteiger partial charge < -0.3 is 9.64 Å². The van der Waals surface area contributed by atoms with E-state index in [-0.39, 0.29) is 23.3 Å². The predicted molar refractivity (Wildman–Crippen MR) is 118 cm³/mol. The highest BCUT2D eigenvalue weighted by Gasteiger charge is 2.32. The van der Waals surface area contributed by atoms with Crippen LogP contribution in [0.15, 0.2) is 49.2 Å². The van der Waals surface area contributed by atoms with Gasteiger partial charge in [0.15, 0.2) is 5.82 Å². The molecule has 0 saturated carbocycles. The molecule has 3 heterocycles. The monoisotopic (exact) mass is 492 g/mol. The molecule has 0 bridgehead atoms. The molecule has 180 valence electrons. The summed E-state index contributed by atoms with van der Waals surface area (Å²) in [5.41, 5.74) is 0.842. The number of hydrogen-bond donors (Lipinski definition) is 1. The number of sulfonamides is 1. The Labute approximate surface area is 194 Å². The highest BCUT2D eigenvalue weighted by atomic mass is 32.2. The van der Waals surface area contributed by atoms with Gasteiger partial charge in [-0.3, -0.25) is 19.1 Å². The summed E-state index contributed by atoms with van der Waals surface area (Å²) in [6, 6.07) is 5.77. The first-order valence-electron chi connectivity index (χ1n) is 10.5. The molecule has 0 spiro atoms. The van der Waals surface area contributed by atoms with Gasteiger partial charge in [-0.25, -0.2) is 13.4 Å². The number of alkyl halides is 2. The molecule has 3 aromatic rings. The molecular formula is C21H22F2N6O4S. The Morgan fingerprint density at radius 1 is 1.32 bits per heavy atom. The second-order valence-electron chi connectivity index (χ2n) is 7.50. The van der Waals surface area contributed by atoms with E-state index in [9.17, 15) is 22.0 Å². The highest BCUT2D eigenvalue weighted by molar-refractivity contribution is 7.93. The molecule has 1 aliphatic rings. The lowest BCUT2D eigenvalue weighted by Crippen LogP contribution is -2.31. The van der Waals surface area contributed by atoms with E-state index in [4.69, 9.17) is 4.74 Å². The van der Waals surface area contributed by atoms with Gasteiger partial charge in [0.25, 0.3) is 15.9 Å². The number of nitrogens with one attached hydrogen (secondary N) is 1. The van der Waals surface area contributed by atoms with E-state index in [1.165, 1.54) is 30.9 Å². The lowest BCUT2D eigenvalue weighted by Gasteiger charge is -2.25. The fourth-order valence-electron chi connectivity index (χ4n) is 3.76. The van der Waals surface area contributed by atoms with Crippen LogP contribution in [0.25, 0.3) is 5.82 Å². The summed E-state index contributed by atoms with van der Waals surface area (Å²) >= 11 is 0. The lowest BCUT2D eigenvalue weighted by atomic mass is 10.0. The van der Waals surface area contributed by atoms with Crippen molar-refractivity contribution in [1.29, 1.82) is 0 Å². The normalized spacial score (nSPS) is 16.1. The largest absolute Gasteiger partial charge is 0.477 e. The Hall–Kier alpha value is -3.61. The van der Waals surface area contributed by atoms with Crippen LogP contribution in [0.4, 0.5) is 14.5 Å². The number of ether oxygens (including phenoxy) is 1. The number of carbonyl (C=O) groups excluding carboxylic acids is 1. The Balaban J connectivity index is 1.54. The van der Waals surface area contributed by atoms with Crippen molar-refractivity contribution in [1.82, 2.24) is 24.4 Å². The molecule has 1 saturated heterocycles. The van der Waals surface area contributed by atoms with Crippen LogP contribution in [0.2, 0.25) is 0 Å². The van der Waals surface area contributed by atoms with Crippen LogP contribution in [-0.4, -0.2) is 57.7 Å². The molecule has 1 fully saturated rings. The average molecular weight is 493 g/mol. The molecule has 34 heavy (non-hydrogen) atoms. The first-order valence-corrected chi connectivity index (χ1v) is 12.0. The minimum Gasteiger partial charge on any atom is -0.477 e. The van der Waals surface area contributed by atoms with Crippen LogP contribution < -0.4 is 9.46 Å². The lowest BCUT2D eigenvalue weighted by molar-refractivity contribution is 0.0730. The van der Waals surface area contributed by atoms with Crippen molar-refractivity contribution >= 4 is 21.6 Å². The number of amides is 1. The summed E-state index contributed by atoms with van der Waals surface area (Å²) in [5.74, 6) is -3.07. The highest BCUT2D eigenvalue weighted by Crippen LogP contribution is 2.34. The molecule has 1 amide bonds. The fraction of sp³-hybridized carbons (Fsp3) is 0.333. The van der Waals surface area contributed by atoms with Crippen LogP contribution >= 0.6 is 0 Å². The van der Waals surface area contributed by atoms with Gasteiger partial charge in [-0.05, 0) is 37.5 Å². The summed E-state index contributed by atoms with van der Waals surface area (Å²) in [4.78, 5) is 27.5. The zero-order chi connectivity index (χ0) is 24.3. The standard InChI is InChI=1S/C21H22F2N6O4S/c1-2-33-19-11-24-10-18(26-19)28-12-16(25-13-28)20(30)29-8-4-7-17(29)14-5-3-6-15(9-14)27-34(31,32)21(22)23/h3,5-6,9-13,17,21,27H,2,4,7-8H2,1H3. The zero-order valence-electron chi connectivity index (χ0n) is 18.1. The van der Waals surface area contributed by atoms with E-state index in [0.717, 1.165) is 6.42 Å². The van der Waals surface area contributed by atoms with E-state index < -0.39 is 15.8 Å². The van der Waals surface area contributed by atoms with Crippen molar-refractivity contribution in [2.24, 2.45) is 0 Å². The van der Waals surface area contributed by atoms with Gasteiger partial charge in [-0.15, -0.1) is 0 Å². The van der Waals surface area contributed by atoms with Gasteiger partial charge in [0, 0.05) is 18.4 Å². The van der Waals surface area contributed by atoms with Crippen LogP contribution in [0.5, 0.6) is 5.88 Å². The number of likely N-dealkylation sites (tertiary alicyclic amines) is 1. The molecule has 10 nitrogen and oxygen atoms in total. The van der Waals surface area contributed by atoms with Crippen LogP contribution in [-0.2, 0) is 10.0 Å². The zero-order valence-corrected chi connectivity index (χ0v) is 19.0. The number of aromatic nitrogens is 4. The van der Waals surface area contributed by atoms with Gasteiger partial charge in [-0.1, -0.05) is 12.1 Å². The van der Waals surface area contributed by atoms with E-state index in [0.29, 0.717) is 36.8 Å². The molecule has 4 rings (SSSR count). The molecule has 1 N–H and O–H groups in total. The molecule has 1 unspecified atom stereocenters. The van der Waals surface area contributed by atoms with Crippen LogP contribution in [0, 0.1) is 0 Å². The van der Waals surface area contributed by atoms with Gasteiger partial charge in [0.05, 0.1) is 25.0 Å². The Morgan fingerprint density at radius 3 is 2.91 bits per heavy atom. The second kappa shape index (κ2) is 9.71. The number of benzene rings is 1. The maximum Gasteiger partial charge on any atom is 0.355 e. The first kappa shape index (κ1) is 23.5. The van der Waals surface area contributed by atoms with Gasteiger partial charge >= 0.3 is 5.76 Å². The van der Waals surface area contributed by atoms with Crippen molar-refractivity contribution in [2.45, 2.75) is 31.6 Å². The Bertz CT molecular complexity index is 1280. The summed E-state index contributed by atoms with van der Waals surface area (Å²) in [6.45, 7) is 2.74. The van der Waals surface area contributed by atoms with Crippen molar-refractivity contribution in [3.8, 4) is 11.7 Å². The molecule has 1 aliphatic heterocycles. The minimum atomic E-state index is -4.79. The van der Waals surface area contributed by atoms with Gasteiger partial charge in [-0.2, -0.15) is 13.8 Å². The summed E-state index contributed by atoms with van der Waals surface area (Å²) in [7, 11) is -4.79. The number of imidazole rings is 1. The minimum absolute atomic E-state index is 0.00845. The van der Waals surface area contributed by atoms with E-state index in [1.807, 2.05) is 11.6 Å². The van der Waals surface area contributed by atoms with Crippen molar-refractivity contribution in [2.75, 3.05) is 17.9 Å². The molecule has 0 radical (unpaired) electrons. The van der Waals surface area contributed by atoms with Crippen molar-refractivity contribution in [3.05, 3.63) is 60.4 Å². The number of hydrogen-bond acceptors (Lipinski definition) is 7. The third-order valence-corrected chi connectivity index (χ3v) is 6.23. The molecule has 1 aromatic carbocycles. The number of halogens is 2. The van der Waals surface area contributed by atoms with Crippen molar-refractivity contribution in [3.63, 3.8) is 0 Å². The Kier molecular flexibility index (Phi) is 6.72. The number of nitrogens with zero attached hydrogens (tertiary/aromatic N) is 5. The summed E-state index contributed by atoms with van der Waals surface area (Å²) < 4.78 is 57.2. The number of carbonyl (C=O) groups is 1. The number of anilines is 1. The third-order valence-electron chi connectivity index (χ3n) is 5.24. The predicted octanol–water partition coefficient (Wildman–Crippen LogP) is 3.00. The van der Waals surface area contributed by atoms with Gasteiger partial charge in [0.2, 0.25) is 5.88 Å². The molecule has 2 aromatic heterocycles. The van der Waals surface area contributed by atoms with Gasteiger partial charge in [0.1, 0.15) is 12.0 Å². The second-order valence-corrected chi connectivity index (χ2v) is 9.15. The maximum absolute atomic E-state index is 13.2. The Morgan fingerprint density at radius 2 is 2.15 bits per heavy atom. The SMILES string of the molecule is CCOc1cncc(-n2cnc(C(=O)N3CCCC3c3cccc(NS(=O)(=O)C(F)F)c3)c2)n1. The fourth-order valence-corrected chi connectivity index (χ4v) is 4.31. The van der Waals surface area contributed by atoms with E-state index in [1.54, 1.807) is 27.8 Å². The van der Waals surface area contributed by atoms with Crippen LogP contribution in [0.1, 0.15) is 41.9 Å². The average Bonchev–Trinajstić information content (AvgIpc) is 3.49.